The number of nitrogens with zero attached hydrogens (tertiary/aromatic N) is 1. The fourth-order valence-corrected chi connectivity index (χ4v) is 2.84. The van der Waals surface area contributed by atoms with E-state index in [2.05, 4.69) is 10.3 Å². The Morgan fingerprint density at radius 2 is 1.84 bits per heavy atom. The molecule has 32 heavy (non-hydrogen) atoms. The second kappa shape index (κ2) is 9.15. The number of benzene rings is 2. The zero-order valence-electron chi connectivity index (χ0n) is 16.2. The molecule has 166 valence electrons. The SMILES string of the molecule is COc1cc(Cl)ccc1Oc1c(C(=O)Nc2ccc(C(=O)O)nc2)cccc1C(F)(F)F. The lowest BCUT2D eigenvalue weighted by molar-refractivity contribution is -0.138. The topological polar surface area (TPSA) is 97.8 Å². The number of aromatic carboxylic acids is 1. The molecule has 0 fully saturated rings. The lowest BCUT2D eigenvalue weighted by atomic mass is 10.1. The Kier molecular flexibility index (Phi) is 6.54. The van der Waals surface area contributed by atoms with Crippen LogP contribution in [-0.2, 0) is 6.18 Å². The first-order chi connectivity index (χ1) is 15.1. The summed E-state index contributed by atoms with van der Waals surface area (Å²) in [5, 5.41) is 11.5. The highest BCUT2D eigenvalue weighted by molar-refractivity contribution is 6.30. The Morgan fingerprint density at radius 1 is 1.09 bits per heavy atom. The van der Waals surface area contributed by atoms with Gasteiger partial charge in [-0.25, -0.2) is 9.78 Å². The summed E-state index contributed by atoms with van der Waals surface area (Å²) in [7, 11) is 1.29. The smallest absolute Gasteiger partial charge is 0.420 e. The van der Waals surface area contributed by atoms with E-state index in [1.807, 2.05) is 0 Å². The highest BCUT2D eigenvalue weighted by Crippen LogP contribution is 2.42. The molecule has 2 aromatic carbocycles. The minimum atomic E-state index is -4.82. The number of aromatic nitrogens is 1. The number of pyridine rings is 1. The maximum Gasteiger partial charge on any atom is 0.420 e. The molecule has 0 aliphatic carbocycles. The van der Waals surface area contributed by atoms with Gasteiger partial charge in [0.1, 0.15) is 5.69 Å². The number of nitrogens with one attached hydrogen (secondary N) is 1. The second-order valence-corrected chi connectivity index (χ2v) is 6.71. The highest BCUT2D eigenvalue weighted by atomic mass is 35.5. The number of rotatable bonds is 6. The summed E-state index contributed by atoms with van der Waals surface area (Å²) in [5.41, 5.74) is -1.78. The first-order valence-corrected chi connectivity index (χ1v) is 9.20. The van der Waals surface area contributed by atoms with E-state index in [4.69, 9.17) is 26.2 Å². The van der Waals surface area contributed by atoms with Gasteiger partial charge in [-0.3, -0.25) is 4.79 Å². The van der Waals surface area contributed by atoms with Gasteiger partial charge in [0.2, 0.25) is 0 Å². The second-order valence-electron chi connectivity index (χ2n) is 6.27. The molecule has 0 radical (unpaired) electrons. The van der Waals surface area contributed by atoms with Crippen molar-refractivity contribution < 1.29 is 37.3 Å². The minimum Gasteiger partial charge on any atom is -0.493 e. The number of halogens is 4. The first-order valence-electron chi connectivity index (χ1n) is 8.82. The van der Waals surface area contributed by atoms with Crippen molar-refractivity contribution in [3.8, 4) is 17.2 Å². The summed E-state index contributed by atoms with van der Waals surface area (Å²) in [4.78, 5) is 27.3. The Bertz CT molecular complexity index is 1170. The maximum atomic E-state index is 13.7. The molecule has 2 N–H and O–H groups in total. The molecule has 3 rings (SSSR count). The van der Waals surface area contributed by atoms with Gasteiger partial charge >= 0.3 is 12.1 Å². The van der Waals surface area contributed by atoms with Crippen LogP contribution in [0, 0.1) is 0 Å². The number of methoxy groups -OCH3 is 1. The monoisotopic (exact) mass is 466 g/mol. The maximum absolute atomic E-state index is 13.7. The number of carboxylic acid groups (broad SMARTS) is 1. The number of carbonyl (C=O) groups is 2. The van der Waals surface area contributed by atoms with E-state index < -0.39 is 34.9 Å². The number of carboxylic acids is 1. The van der Waals surface area contributed by atoms with E-state index in [0.717, 1.165) is 30.5 Å². The van der Waals surface area contributed by atoms with Crippen molar-refractivity contribution in [2.75, 3.05) is 12.4 Å². The third kappa shape index (κ3) is 5.09. The zero-order chi connectivity index (χ0) is 23.5. The van der Waals surface area contributed by atoms with Crippen LogP contribution in [0.25, 0.3) is 0 Å². The van der Waals surface area contributed by atoms with Crippen molar-refractivity contribution in [1.82, 2.24) is 4.98 Å². The highest BCUT2D eigenvalue weighted by Gasteiger charge is 2.37. The number of carbonyl (C=O) groups excluding carboxylic acids is 1. The molecule has 0 atom stereocenters. The van der Waals surface area contributed by atoms with Crippen LogP contribution < -0.4 is 14.8 Å². The van der Waals surface area contributed by atoms with Gasteiger partial charge in [0.15, 0.2) is 17.2 Å². The van der Waals surface area contributed by atoms with E-state index in [9.17, 15) is 22.8 Å². The molecule has 0 saturated carbocycles. The third-order valence-corrected chi connectivity index (χ3v) is 4.38. The van der Waals surface area contributed by atoms with Gasteiger partial charge in [-0.1, -0.05) is 17.7 Å². The lowest BCUT2D eigenvalue weighted by Crippen LogP contribution is -2.16. The summed E-state index contributed by atoms with van der Waals surface area (Å²) in [6.07, 6.45) is -3.76. The molecular weight excluding hydrogens is 453 g/mol. The van der Waals surface area contributed by atoms with Crippen LogP contribution in [0.5, 0.6) is 17.2 Å². The number of anilines is 1. The Balaban J connectivity index is 2.02. The van der Waals surface area contributed by atoms with Crippen LogP contribution in [-0.4, -0.2) is 29.1 Å². The van der Waals surface area contributed by atoms with Crippen LogP contribution in [0.3, 0.4) is 0 Å². The molecule has 0 bridgehead atoms. The average molecular weight is 467 g/mol. The molecule has 0 spiro atoms. The number of hydrogen-bond acceptors (Lipinski definition) is 5. The zero-order valence-corrected chi connectivity index (χ0v) is 17.0. The largest absolute Gasteiger partial charge is 0.493 e. The van der Waals surface area contributed by atoms with Crippen LogP contribution >= 0.6 is 11.6 Å². The molecule has 3 aromatic rings. The van der Waals surface area contributed by atoms with E-state index in [1.165, 1.54) is 31.4 Å². The summed E-state index contributed by atoms with van der Waals surface area (Å²) < 4.78 is 51.6. The van der Waals surface area contributed by atoms with Gasteiger partial charge in [-0.15, -0.1) is 0 Å². The summed E-state index contributed by atoms with van der Waals surface area (Å²) in [6.45, 7) is 0. The van der Waals surface area contributed by atoms with Crippen molar-refractivity contribution in [3.63, 3.8) is 0 Å². The predicted octanol–water partition coefficient (Wildman–Crippen LogP) is 5.51. The van der Waals surface area contributed by atoms with Gasteiger partial charge < -0.3 is 19.9 Å². The Morgan fingerprint density at radius 3 is 2.44 bits per heavy atom. The van der Waals surface area contributed by atoms with Gasteiger partial charge in [0.05, 0.1) is 30.1 Å². The molecule has 0 saturated heterocycles. The van der Waals surface area contributed by atoms with Crippen molar-refractivity contribution >= 4 is 29.2 Å². The number of hydrogen-bond donors (Lipinski definition) is 2. The number of para-hydroxylation sites is 1. The van der Waals surface area contributed by atoms with Gasteiger partial charge in [0, 0.05) is 11.1 Å². The van der Waals surface area contributed by atoms with Crippen LogP contribution in [0.15, 0.2) is 54.7 Å². The average Bonchev–Trinajstić information content (AvgIpc) is 2.74. The molecule has 1 aromatic heterocycles. The quantitative estimate of drug-likeness (QED) is 0.497. The Labute approximate surface area is 184 Å². The Hall–Kier alpha value is -3.79. The van der Waals surface area contributed by atoms with E-state index in [0.29, 0.717) is 0 Å². The summed E-state index contributed by atoms with van der Waals surface area (Å²) in [5.74, 6) is -2.96. The molecule has 0 aliphatic rings. The molecule has 7 nitrogen and oxygen atoms in total. The molecule has 0 unspecified atom stereocenters. The van der Waals surface area contributed by atoms with Gasteiger partial charge in [-0.05, 0) is 36.4 Å². The van der Waals surface area contributed by atoms with Gasteiger partial charge in [-0.2, -0.15) is 13.2 Å². The standard InChI is InChI=1S/C21H14ClF3N2O5/c1-31-17-9-11(22)5-8-16(17)32-18-13(3-2-4-14(18)21(23,24)25)19(28)27-12-6-7-15(20(29)30)26-10-12/h2-10H,1H3,(H,27,28)(H,29,30). The first kappa shape index (κ1) is 22.9. The van der Waals surface area contributed by atoms with E-state index in [-0.39, 0.29) is 27.9 Å². The van der Waals surface area contributed by atoms with Crippen LogP contribution in [0.4, 0.5) is 18.9 Å². The van der Waals surface area contributed by atoms with Gasteiger partial charge in [0.25, 0.3) is 5.91 Å². The van der Waals surface area contributed by atoms with Crippen molar-refractivity contribution in [3.05, 3.63) is 76.6 Å². The van der Waals surface area contributed by atoms with E-state index in [1.54, 1.807) is 0 Å². The minimum absolute atomic E-state index is 0.0642. The molecule has 1 heterocycles. The van der Waals surface area contributed by atoms with Crippen molar-refractivity contribution in [2.24, 2.45) is 0 Å². The van der Waals surface area contributed by atoms with E-state index >= 15 is 0 Å². The number of ether oxygens (including phenoxy) is 2. The lowest BCUT2D eigenvalue weighted by Gasteiger charge is -2.18. The van der Waals surface area contributed by atoms with Crippen molar-refractivity contribution in [2.45, 2.75) is 6.18 Å². The summed E-state index contributed by atoms with van der Waals surface area (Å²) in [6, 6.07) is 9.44. The fraction of sp³-hybridized carbons (Fsp3) is 0.0952. The number of alkyl halides is 3. The molecular formula is C21H14ClF3N2O5. The van der Waals surface area contributed by atoms with Crippen LogP contribution in [0.2, 0.25) is 5.02 Å². The molecule has 1 amide bonds. The summed E-state index contributed by atoms with van der Waals surface area (Å²) >= 11 is 5.88. The fourth-order valence-electron chi connectivity index (χ4n) is 2.68. The molecule has 11 heteroatoms. The third-order valence-electron chi connectivity index (χ3n) is 4.14. The van der Waals surface area contributed by atoms with Crippen LogP contribution in [0.1, 0.15) is 26.4 Å². The molecule has 0 aliphatic heterocycles. The predicted molar refractivity (Wildman–Crippen MR) is 109 cm³/mol. The normalized spacial score (nSPS) is 11.0. The number of amides is 1. The van der Waals surface area contributed by atoms with Crippen molar-refractivity contribution in [1.29, 1.82) is 0 Å².